The molecule has 0 fully saturated rings. The lowest BCUT2D eigenvalue weighted by Crippen LogP contribution is -1.62. The van der Waals surface area contributed by atoms with Crippen LogP contribution in [0.2, 0.25) is 0 Å². The van der Waals surface area contributed by atoms with E-state index < -0.39 is 0 Å². The molecule has 0 heterocycles. The molecule has 0 rings (SSSR count). The molecule has 0 aliphatic heterocycles. The minimum absolute atomic E-state index is 0.296. The third-order valence-electron chi connectivity index (χ3n) is 0.359. The molecular formula is C9H18O. The van der Waals surface area contributed by atoms with Gasteiger partial charge in [0.05, 0.1) is 5.76 Å². The highest BCUT2D eigenvalue weighted by molar-refractivity contribution is 4.99. The van der Waals surface area contributed by atoms with E-state index in [9.17, 15) is 0 Å². The largest absolute Gasteiger partial charge is 0.513 e. The fourth-order valence-corrected chi connectivity index (χ4v) is 0.171. The van der Waals surface area contributed by atoms with Crippen molar-refractivity contribution in [1.29, 1.82) is 0 Å². The van der Waals surface area contributed by atoms with Crippen molar-refractivity contribution in [3.8, 4) is 0 Å². The summed E-state index contributed by atoms with van der Waals surface area (Å²) in [6.45, 7) is 15.0. The summed E-state index contributed by atoms with van der Waals surface area (Å²) in [7, 11) is 0. The number of aliphatic hydroxyl groups excluding tert-OH is 1. The van der Waals surface area contributed by atoms with E-state index >= 15 is 0 Å². The van der Waals surface area contributed by atoms with Gasteiger partial charge in [0.15, 0.2) is 0 Å². The highest BCUT2D eigenvalue weighted by Gasteiger charge is 1.66. The molecule has 0 aromatic carbocycles. The second-order valence-corrected chi connectivity index (χ2v) is 1.04. The monoisotopic (exact) mass is 142 g/mol. The Morgan fingerprint density at radius 2 is 1.60 bits per heavy atom. The van der Waals surface area contributed by atoms with Gasteiger partial charge in [-0.2, -0.15) is 0 Å². The molecule has 0 saturated carbocycles. The summed E-state index contributed by atoms with van der Waals surface area (Å²) in [6, 6.07) is 0. The maximum absolute atomic E-state index is 8.34. The van der Waals surface area contributed by atoms with Gasteiger partial charge in [-0.1, -0.05) is 26.5 Å². The number of allylic oxidation sites excluding steroid dienone is 3. The first-order valence-electron chi connectivity index (χ1n) is 3.25. The second kappa shape index (κ2) is 24.5. The summed E-state index contributed by atoms with van der Waals surface area (Å²) in [5, 5.41) is 8.34. The maximum Gasteiger partial charge on any atom is 0.0891 e. The van der Waals surface area contributed by atoms with Crippen LogP contribution in [0.15, 0.2) is 37.6 Å². The first-order chi connectivity index (χ1) is 4.77. The molecule has 0 spiro atoms. The molecule has 1 nitrogen and oxygen atoms in total. The lowest BCUT2D eigenvalue weighted by atomic mass is 10.5. The van der Waals surface area contributed by atoms with Crippen molar-refractivity contribution in [3.63, 3.8) is 0 Å². The zero-order valence-corrected chi connectivity index (χ0v) is 7.22. The van der Waals surface area contributed by atoms with E-state index in [4.69, 9.17) is 5.11 Å². The van der Waals surface area contributed by atoms with Crippen LogP contribution in [0.4, 0.5) is 0 Å². The molecule has 0 aromatic heterocycles. The van der Waals surface area contributed by atoms with Gasteiger partial charge in [-0.15, -0.1) is 13.2 Å². The van der Waals surface area contributed by atoms with E-state index in [2.05, 4.69) is 19.7 Å². The van der Waals surface area contributed by atoms with Gasteiger partial charge < -0.3 is 5.11 Å². The van der Waals surface area contributed by atoms with E-state index in [-0.39, 0.29) is 0 Å². The van der Waals surface area contributed by atoms with E-state index in [0.717, 1.165) is 0 Å². The molecule has 10 heavy (non-hydrogen) atoms. The Bertz CT molecular complexity index is 78.7. The van der Waals surface area contributed by atoms with Crippen molar-refractivity contribution in [2.24, 2.45) is 0 Å². The smallest absolute Gasteiger partial charge is 0.0891 e. The van der Waals surface area contributed by atoms with Crippen LogP contribution in [-0.4, -0.2) is 5.11 Å². The fraction of sp³-hybridized carbons (Fsp3) is 0.333. The van der Waals surface area contributed by atoms with Crippen LogP contribution in [0.25, 0.3) is 0 Å². The van der Waals surface area contributed by atoms with Crippen molar-refractivity contribution >= 4 is 0 Å². The summed E-state index contributed by atoms with van der Waals surface area (Å²) in [5.74, 6) is 0.296. The van der Waals surface area contributed by atoms with E-state index in [0.29, 0.717) is 5.76 Å². The van der Waals surface area contributed by atoms with Crippen molar-refractivity contribution in [2.75, 3.05) is 0 Å². The van der Waals surface area contributed by atoms with E-state index in [1.165, 1.54) is 12.2 Å². The van der Waals surface area contributed by atoms with Crippen LogP contribution < -0.4 is 0 Å². The molecule has 0 amide bonds. The Morgan fingerprint density at radius 1 is 1.30 bits per heavy atom. The number of rotatable bonds is 1. The molecule has 0 bridgehead atoms. The summed E-state index contributed by atoms with van der Waals surface area (Å²) in [6.07, 6.45) is 3.06. The first kappa shape index (κ1) is 16.0. The quantitative estimate of drug-likeness (QED) is 0.337. The van der Waals surface area contributed by atoms with Gasteiger partial charge in [0.2, 0.25) is 0 Å². The Hall–Kier alpha value is -0.980. The molecule has 0 aliphatic carbocycles. The molecule has 0 aliphatic rings. The fourth-order valence-electron chi connectivity index (χ4n) is 0.171. The molecular weight excluding hydrogens is 124 g/mol. The number of aliphatic hydroxyl groups is 1. The van der Waals surface area contributed by atoms with Crippen LogP contribution in [0.3, 0.4) is 0 Å². The molecule has 1 heteroatoms. The van der Waals surface area contributed by atoms with Gasteiger partial charge in [-0.05, 0) is 13.0 Å². The summed E-state index contributed by atoms with van der Waals surface area (Å²) in [4.78, 5) is 0. The lowest BCUT2D eigenvalue weighted by Gasteiger charge is -1.76. The van der Waals surface area contributed by atoms with Gasteiger partial charge in [0.1, 0.15) is 0 Å². The first-order valence-corrected chi connectivity index (χ1v) is 3.25. The Kier molecular flexibility index (Phi) is 39.2. The average molecular weight is 142 g/mol. The predicted octanol–water partition coefficient (Wildman–Crippen LogP) is 3.46. The average Bonchev–Trinajstić information content (AvgIpc) is 1.96. The van der Waals surface area contributed by atoms with Crippen LogP contribution in [0, 0.1) is 0 Å². The number of hydrogen-bond donors (Lipinski definition) is 1. The number of hydrogen-bond acceptors (Lipinski definition) is 1. The Labute approximate surface area is 64.4 Å². The topological polar surface area (TPSA) is 20.2 Å². The highest BCUT2D eigenvalue weighted by Crippen LogP contribution is 1.80. The molecule has 0 atom stereocenters. The van der Waals surface area contributed by atoms with Crippen LogP contribution >= 0.6 is 0 Å². The highest BCUT2D eigenvalue weighted by atomic mass is 16.3. The summed E-state index contributed by atoms with van der Waals surface area (Å²) >= 11 is 0. The summed E-state index contributed by atoms with van der Waals surface area (Å²) in [5.41, 5.74) is 0. The van der Waals surface area contributed by atoms with Gasteiger partial charge in [0.25, 0.3) is 0 Å². The zero-order valence-electron chi connectivity index (χ0n) is 7.22. The predicted molar refractivity (Wildman–Crippen MR) is 49.2 cm³/mol. The summed E-state index contributed by atoms with van der Waals surface area (Å²) < 4.78 is 0. The van der Waals surface area contributed by atoms with Gasteiger partial charge in [-0.25, -0.2) is 0 Å². The van der Waals surface area contributed by atoms with Crippen molar-refractivity contribution in [3.05, 3.63) is 37.6 Å². The zero-order chi connectivity index (χ0) is 8.99. The molecule has 0 saturated heterocycles. The Balaban J connectivity index is -0.000000105. The van der Waals surface area contributed by atoms with Gasteiger partial charge >= 0.3 is 0 Å². The Morgan fingerprint density at radius 3 is 1.60 bits per heavy atom. The molecule has 0 unspecified atom stereocenters. The van der Waals surface area contributed by atoms with E-state index in [1.807, 2.05) is 13.8 Å². The third-order valence-corrected chi connectivity index (χ3v) is 0.359. The molecule has 0 radical (unpaired) electrons. The normalized spacial score (nSPS) is 7.70. The maximum atomic E-state index is 8.34. The molecule has 60 valence electrons. The third kappa shape index (κ3) is 62.3. The van der Waals surface area contributed by atoms with E-state index in [1.54, 1.807) is 6.92 Å². The minimum atomic E-state index is 0.296. The van der Waals surface area contributed by atoms with Crippen LogP contribution in [-0.2, 0) is 0 Å². The minimum Gasteiger partial charge on any atom is -0.513 e. The lowest BCUT2D eigenvalue weighted by molar-refractivity contribution is 0.414. The SMILES string of the molecule is C=C.C=C/C=C(/C)O.CC. The van der Waals surface area contributed by atoms with Crippen molar-refractivity contribution in [1.82, 2.24) is 0 Å². The van der Waals surface area contributed by atoms with Gasteiger partial charge in [-0.3, -0.25) is 0 Å². The standard InChI is InChI=1S/C5H8O.C2H6.C2H4/c1-3-4-5(2)6;2*1-2/h3-4,6H,1H2,2H3;1-2H3;1-2H2/b5-4-;;. The second-order valence-electron chi connectivity index (χ2n) is 1.04. The molecule has 1 N–H and O–H groups in total. The molecule has 0 aromatic rings. The van der Waals surface area contributed by atoms with Crippen LogP contribution in [0.1, 0.15) is 20.8 Å². The van der Waals surface area contributed by atoms with Crippen molar-refractivity contribution < 1.29 is 5.11 Å². The van der Waals surface area contributed by atoms with Crippen LogP contribution in [0.5, 0.6) is 0 Å². The van der Waals surface area contributed by atoms with Crippen molar-refractivity contribution in [2.45, 2.75) is 20.8 Å². The van der Waals surface area contributed by atoms with Gasteiger partial charge in [0, 0.05) is 0 Å².